The zero-order chi connectivity index (χ0) is 23.6. The van der Waals surface area contributed by atoms with E-state index in [1.165, 1.54) is 24.3 Å². The highest BCUT2D eigenvalue weighted by molar-refractivity contribution is 7.89. The van der Waals surface area contributed by atoms with Crippen LogP contribution in [0.3, 0.4) is 0 Å². The number of benzene rings is 2. The lowest BCUT2D eigenvalue weighted by Gasteiger charge is -2.04. The molecule has 0 unspecified atom stereocenters. The average molecular weight is 503 g/mol. The van der Waals surface area contributed by atoms with Gasteiger partial charge in [0.15, 0.2) is 0 Å². The molecule has 0 fully saturated rings. The van der Waals surface area contributed by atoms with Crippen molar-refractivity contribution in [1.29, 1.82) is 0 Å². The van der Waals surface area contributed by atoms with Crippen molar-refractivity contribution in [3.8, 4) is 0 Å². The van der Waals surface area contributed by atoms with Crippen LogP contribution in [-0.2, 0) is 33.7 Å². The molecular formula is C18H23N4O7PS2. The first-order chi connectivity index (χ1) is 15.1. The summed E-state index contributed by atoms with van der Waals surface area (Å²) in [5.74, 6) is 0. The van der Waals surface area contributed by atoms with Crippen molar-refractivity contribution in [1.82, 2.24) is 9.66 Å². The van der Waals surface area contributed by atoms with Crippen LogP contribution in [0.15, 0.2) is 68.5 Å². The van der Waals surface area contributed by atoms with Crippen LogP contribution in [0.4, 0.5) is 0 Å². The largest absolute Gasteiger partial charge is 0.319 e. The zero-order valence-electron chi connectivity index (χ0n) is 17.3. The highest BCUT2D eigenvalue weighted by Crippen LogP contribution is 2.22. The van der Waals surface area contributed by atoms with E-state index >= 15 is 0 Å². The second-order valence-corrected chi connectivity index (χ2v) is 10.7. The fourth-order valence-electron chi connectivity index (χ4n) is 2.08. The lowest BCUT2D eigenvalue weighted by Crippen LogP contribution is -2.18. The molecule has 174 valence electrons. The van der Waals surface area contributed by atoms with Gasteiger partial charge in [0.25, 0.3) is 20.0 Å². The van der Waals surface area contributed by atoms with E-state index in [1.807, 2.05) is 23.5 Å². The Morgan fingerprint density at radius 3 is 1.44 bits per heavy atom. The van der Waals surface area contributed by atoms with Gasteiger partial charge in [-0.1, -0.05) is 35.4 Å². The molecule has 0 saturated carbocycles. The van der Waals surface area contributed by atoms with Gasteiger partial charge >= 0.3 is 8.25 Å². The number of aryl methyl sites for hydroxylation is 2. The molecule has 0 aromatic heterocycles. The highest BCUT2D eigenvalue weighted by atomic mass is 32.2. The van der Waals surface area contributed by atoms with Crippen molar-refractivity contribution < 1.29 is 30.4 Å². The van der Waals surface area contributed by atoms with Gasteiger partial charge in [-0.05, 0) is 38.1 Å². The lowest BCUT2D eigenvalue weighted by molar-refractivity contribution is 0.274. The summed E-state index contributed by atoms with van der Waals surface area (Å²) in [7, 11) is -10.5. The van der Waals surface area contributed by atoms with Crippen LogP contribution in [0.2, 0.25) is 0 Å². The Hall–Kier alpha value is -2.57. The molecule has 2 N–H and O–H groups in total. The maximum atomic E-state index is 12.0. The number of rotatable bonds is 12. The smallest absolute Gasteiger partial charge is 0.305 e. The monoisotopic (exact) mass is 502 g/mol. The summed E-state index contributed by atoms with van der Waals surface area (Å²) >= 11 is 0. The second kappa shape index (κ2) is 11.9. The number of hydrazone groups is 2. The van der Waals surface area contributed by atoms with Gasteiger partial charge in [-0.25, -0.2) is 9.66 Å². The molecule has 0 heterocycles. The van der Waals surface area contributed by atoms with Crippen LogP contribution < -0.4 is 9.66 Å². The minimum absolute atomic E-state index is 0.0513. The van der Waals surface area contributed by atoms with Crippen LogP contribution in [0.25, 0.3) is 0 Å². The van der Waals surface area contributed by atoms with Crippen LogP contribution in [0, 0.1) is 13.8 Å². The van der Waals surface area contributed by atoms with Crippen molar-refractivity contribution >= 4 is 40.7 Å². The van der Waals surface area contributed by atoms with Crippen molar-refractivity contribution in [2.75, 3.05) is 13.2 Å². The van der Waals surface area contributed by atoms with Crippen molar-refractivity contribution in [2.45, 2.75) is 23.6 Å². The zero-order valence-corrected chi connectivity index (χ0v) is 19.9. The quantitative estimate of drug-likeness (QED) is 0.256. The van der Waals surface area contributed by atoms with E-state index in [4.69, 9.17) is 9.05 Å². The van der Waals surface area contributed by atoms with Crippen LogP contribution >= 0.6 is 8.25 Å². The maximum Gasteiger partial charge on any atom is 0.319 e. The Morgan fingerprint density at radius 2 is 1.09 bits per heavy atom. The fraction of sp³-hybridized carbons (Fsp3) is 0.222. The molecule has 0 aliphatic heterocycles. The lowest BCUT2D eigenvalue weighted by atomic mass is 10.2. The van der Waals surface area contributed by atoms with Crippen molar-refractivity contribution in [3.63, 3.8) is 0 Å². The maximum absolute atomic E-state index is 12.0. The summed E-state index contributed by atoms with van der Waals surface area (Å²) in [6, 6.07) is 12.4. The molecule has 0 saturated heterocycles. The predicted molar refractivity (Wildman–Crippen MR) is 121 cm³/mol. The first-order valence-corrected chi connectivity index (χ1v) is 13.3. The Balaban J connectivity index is 1.68. The van der Waals surface area contributed by atoms with E-state index in [0.29, 0.717) is 0 Å². The third-order valence-corrected chi connectivity index (χ3v) is 7.02. The first-order valence-electron chi connectivity index (χ1n) is 9.10. The molecule has 0 aliphatic carbocycles. The molecule has 0 radical (unpaired) electrons. The van der Waals surface area contributed by atoms with E-state index in [2.05, 4.69) is 10.2 Å². The van der Waals surface area contributed by atoms with E-state index in [9.17, 15) is 21.4 Å². The molecule has 0 aliphatic rings. The predicted octanol–water partition coefficient (Wildman–Crippen LogP) is 1.95. The van der Waals surface area contributed by atoms with Gasteiger partial charge in [-0.15, -0.1) is 0 Å². The van der Waals surface area contributed by atoms with Gasteiger partial charge in [-0.2, -0.15) is 27.0 Å². The molecule has 2 aromatic rings. The van der Waals surface area contributed by atoms with Crippen LogP contribution in [0.5, 0.6) is 0 Å². The van der Waals surface area contributed by atoms with E-state index in [-0.39, 0.29) is 23.0 Å². The van der Waals surface area contributed by atoms with Gasteiger partial charge in [0.1, 0.15) is 0 Å². The van der Waals surface area contributed by atoms with Gasteiger partial charge < -0.3 is 9.05 Å². The number of hydrogen-bond acceptors (Lipinski definition) is 9. The number of nitrogens with zero attached hydrogens (tertiary/aromatic N) is 2. The Kier molecular flexibility index (Phi) is 9.54. The standard InChI is InChI=1S/C18H23N4O7PS2/c1-15-3-7-17(8-4-15)31(24,25)21-19-11-13-28-30(23)29-14-12-20-22-32(26,27)18-9-5-16(2)6-10-18/h3-12,21-22,30H,13-14H2,1-2H3/b19-11+,20-12+. The third-order valence-electron chi connectivity index (χ3n) is 3.74. The van der Waals surface area contributed by atoms with E-state index in [0.717, 1.165) is 23.6 Å². The summed E-state index contributed by atoms with van der Waals surface area (Å²) in [6.45, 7) is 3.12. The molecular weight excluding hydrogens is 479 g/mol. The topological polar surface area (TPSA) is 153 Å². The van der Waals surface area contributed by atoms with Crippen molar-refractivity contribution in [2.24, 2.45) is 10.2 Å². The van der Waals surface area contributed by atoms with E-state index < -0.39 is 28.3 Å². The Morgan fingerprint density at radius 1 is 0.750 bits per heavy atom. The number of hydrogen-bond donors (Lipinski definition) is 2. The third kappa shape index (κ3) is 8.52. The average Bonchev–Trinajstić information content (AvgIpc) is 2.73. The molecule has 32 heavy (non-hydrogen) atoms. The minimum atomic E-state index is -3.81. The summed E-state index contributed by atoms with van der Waals surface area (Å²) in [6.07, 6.45) is 2.14. The van der Waals surface area contributed by atoms with Gasteiger partial charge in [0.05, 0.1) is 35.4 Å². The van der Waals surface area contributed by atoms with Gasteiger partial charge in [0.2, 0.25) is 0 Å². The molecule has 0 amide bonds. The molecule has 11 nitrogen and oxygen atoms in total. The molecule has 0 bridgehead atoms. The van der Waals surface area contributed by atoms with Crippen molar-refractivity contribution in [3.05, 3.63) is 59.7 Å². The Labute approximate surface area is 187 Å². The van der Waals surface area contributed by atoms with E-state index in [1.54, 1.807) is 24.3 Å². The normalized spacial score (nSPS) is 12.6. The number of sulfonamides is 2. The number of nitrogens with one attached hydrogen (secondary N) is 2. The minimum Gasteiger partial charge on any atom is -0.305 e. The first kappa shape index (κ1) is 25.7. The summed E-state index contributed by atoms with van der Waals surface area (Å²) < 4.78 is 69.3. The summed E-state index contributed by atoms with van der Waals surface area (Å²) in [5, 5.41) is 7.03. The van der Waals surface area contributed by atoms with Gasteiger partial charge in [0, 0.05) is 0 Å². The second-order valence-electron chi connectivity index (χ2n) is 6.31. The summed E-state index contributed by atoms with van der Waals surface area (Å²) in [5.41, 5.74) is 1.83. The molecule has 14 heteroatoms. The molecule has 0 spiro atoms. The molecule has 2 rings (SSSR count). The summed E-state index contributed by atoms with van der Waals surface area (Å²) in [4.78, 5) is 4.11. The SMILES string of the molecule is Cc1ccc(S(=O)(=O)N/N=C/CO[PH](=O)OC/C=N/NS(=O)(=O)c2ccc(C)cc2)cc1. The molecule has 0 atom stereocenters. The highest BCUT2D eigenvalue weighted by Gasteiger charge is 2.12. The Bertz CT molecular complexity index is 1090. The van der Waals surface area contributed by atoms with Crippen LogP contribution in [0.1, 0.15) is 11.1 Å². The van der Waals surface area contributed by atoms with Gasteiger partial charge in [-0.3, -0.25) is 4.57 Å². The molecule has 2 aromatic carbocycles. The fourth-order valence-corrected chi connectivity index (χ4v) is 4.21. The van der Waals surface area contributed by atoms with Crippen LogP contribution in [-0.4, -0.2) is 42.5 Å².